The topological polar surface area (TPSA) is 76.0 Å². The van der Waals surface area contributed by atoms with Crippen molar-refractivity contribution in [3.63, 3.8) is 0 Å². The van der Waals surface area contributed by atoms with Gasteiger partial charge in [-0.25, -0.2) is 4.98 Å². The van der Waals surface area contributed by atoms with E-state index < -0.39 is 0 Å². The number of carbonyl (C=O) groups is 2. The Morgan fingerprint density at radius 1 is 1.21 bits per heavy atom. The molecule has 0 aliphatic heterocycles. The molecule has 0 unspecified atom stereocenters. The van der Waals surface area contributed by atoms with Gasteiger partial charge >= 0.3 is 0 Å². The summed E-state index contributed by atoms with van der Waals surface area (Å²) in [5.74, 6) is 1.27. The maximum atomic E-state index is 12.6. The molecule has 0 spiro atoms. The Morgan fingerprint density at radius 3 is 2.64 bits per heavy atom. The number of anilines is 1. The summed E-state index contributed by atoms with van der Waals surface area (Å²) in [4.78, 5) is 28.9. The van der Waals surface area contributed by atoms with E-state index >= 15 is 0 Å². The molecule has 3 atom stereocenters. The maximum absolute atomic E-state index is 12.6. The normalized spacial score (nSPS) is 21.9. The van der Waals surface area contributed by atoms with Crippen LogP contribution in [0.4, 0.5) is 5.69 Å². The van der Waals surface area contributed by atoms with E-state index in [0.717, 1.165) is 18.0 Å². The molecule has 2 N–H and O–H groups in total. The fourth-order valence-corrected chi connectivity index (χ4v) is 4.29. The van der Waals surface area contributed by atoms with E-state index in [4.69, 9.17) is 0 Å². The van der Waals surface area contributed by atoms with Gasteiger partial charge < -0.3 is 15.2 Å². The highest BCUT2D eigenvalue weighted by molar-refractivity contribution is 7.99. The number of thioether (sulfide) groups is 1. The monoisotopic (exact) mass is 400 g/mol. The van der Waals surface area contributed by atoms with Gasteiger partial charge in [-0.2, -0.15) is 0 Å². The Labute approximate surface area is 170 Å². The minimum Gasteiger partial charge on any atom is -0.349 e. The second kappa shape index (κ2) is 9.28. The number of aryl methyl sites for hydroxylation is 1. The summed E-state index contributed by atoms with van der Waals surface area (Å²) < 4.78 is 1.87. The van der Waals surface area contributed by atoms with Gasteiger partial charge in [0.25, 0.3) is 5.91 Å². The van der Waals surface area contributed by atoms with Crippen molar-refractivity contribution < 1.29 is 9.59 Å². The minimum atomic E-state index is -0.102. The number of imidazole rings is 1. The van der Waals surface area contributed by atoms with E-state index in [2.05, 4.69) is 29.5 Å². The van der Waals surface area contributed by atoms with Crippen LogP contribution in [0.15, 0.2) is 41.8 Å². The molecule has 3 rings (SSSR count). The highest BCUT2D eigenvalue weighted by atomic mass is 32.2. The van der Waals surface area contributed by atoms with Crippen LogP contribution in [-0.4, -0.2) is 33.2 Å². The molecule has 28 heavy (non-hydrogen) atoms. The van der Waals surface area contributed by atoms with Gasteiger partial charge in [-0.05, 0) is 42.5 Å². The lowest BCUT2D eigenvalue weighted by Gasteiger charge is -2.34. The lowest BCUT2D eigenvalue weighted by molar-refractivity contribution is -0.113. The van der Waals surface area contributed by atoms with Crippen LogP contribution in [-0.2, 0) is 11.8 Å². The zero-order valence-electron chi connectivity index (χ0n) is 16.6. The number of carbonyl (C=O) groups excluding carboxylic acids is 2. The first-order valence-corrected chi connectivity index (χ1v) is 10.7. The third-order valence-corrected chi connectivity index (χ3v) is 6.62. The van der Waals surface area contributed by atoms with Gasteiger partial charge in [0.2, 0.25) is 5.91 Å². The van der Waals surface area contributed by atoms with Crippen LogP contribution in [0.25, 0.3) is 0 Å². The fourth-order valence-electron chi connectivity index (χ4n) is 3.56. The molecular formula is C21H28N4O2S. The minimum absolute atomic E-state index is 0.0471. The molecule has 7 heteroatoms. The average molecular weight is 401 g/mol. The molecule has 1 heterocycles. The van der Waals surface area contributed by atoms with Crippen LogP contribution >= 0.6 is 11.8 Å². The summed E-state index contributed by atoms with van der Waals surface area (Å²) in [5, 5.41) is 6.83. The highest BCUT2D eigenvalue weighted by Crippen LogP contribution is 2.29. The number of rotatable bonds is 6. The van der Waals surface area contributed by atoms with E-state index in [1.807, 2.05) is 17.8 Å². The molecule has 2 amide bonds. The molecule has 6 nitrogen and oxygen atoms in total. The van der Waals surface area contributed by atoms with E-state index in [-0.39, 0.29) is 23.6 Å². The lowest BCUT2D eigenvalue weighted by Crippen LogP contribution is -2.43. The first kappa shape index (κ1) is 20.5. The standard InChI is InChI=1S/C21H28N4O2S/c1-14-5-4-6-18(15(14)2)24-20(27)16-7-9-17(10-8-16)23-19(26)13-28-21-22-11-12-25(21)3/h7-12,14-15,18H,4-6,13H2,1-3H3,(H,23,26)(H,24,27)/t14-,15-,18+/m1/s1. The van der Waals surface area contributed by atoms with Crippen molar-refractivity contribution in [3.8, 4) is 0 Å². The molecule has 0 bridgehead atoms. The van der Waals surface area contributed by atoms with Gasteiger partial charge in [0.1, 0.15) is 0 Å². The lowest BCUT2D eigenvalue weighted by atomic mass is 9.78. The average Bonchev–Trinajstić information content (AvgIpc) is 3.09. The molecule has 2 aromatic rings. The number of benzene rings is 1. The van der Waals surface area contributed by atoms with Crippen molar-refractivity contribution in [2.24, 2.45) is 18.9 Å². The SMILES string of the molecule is C[C@@H]1[C@H](C)CCC[C@@H]1NC(=O)c1ccc(NC(=O)CSc2nccn2C)cc1. The second-order valence-corrected chi connectivity index (χ2v) is 8.52. The predicted octanol–water partition coefficient (Wildman–Crippen LogP) is 3.71. The summed E-state index contributed by atoms with van der Waals surface area (Å²) in [6.07, 6.45) is 6.99. The van der Waals surface area contributed by atoms with Crippen LogP contribution < -0.4 is 10.6 Å². The van der Waals surface area contributed by atoms with E-state index in [1.54, 1.807) is 30.5 Å². The number of aromatic nitrogens is 2. The first-order valence-electron chi connectivity index (χ1n) is 9.75. The molecule has 1 aromatic heterocycles. The van der Waals surface area contributed by atoms with E-state index in [0.29, 0.717) is 23.1 Å². The summed E-state index contributed by atoms with van der Waals surface area (Å²) in [7, 11) is 1.89. The molecule has 0 radical (unpaired) electrons. The first-order chi connectivity index (χ1) is 13.4. The Balaban J connectivity index is 1.50. The predicted molar refractivity (Wildman–Crippen MR) is 112 cm³/mol. The molecule has 0 saturated heterocycles. The Kier molecular flexibility index (Phi) is 6.78. The maximum Gasteiger partial charge on any atom is 0.251 e. The number of hydrogen-bond donors (Lipinski definition) is 2. The summed E-state index contributed by atoms with van der Waals surface area (Å²) in [5.41, 5.74) is 1.30. The molecular weight excluding hydrogens is 372 g/mol. The number of amides is 2. The van der Waals surface area contributed by atoms with Crippen molar-refractivity contribution >= 4 is 29.3 Å². The van der Waals surface area contributed by atoms with E-state index in [9.17, 15) is 9.59 Å². The van der Waals surface area contributed by atoms with Gasteiger partial charge in [-0.15, -0.1) is 0 Å². The van der Waals surface area contributed by atoms with Crippen molar-refractivity contribution in [1.82, 2.24) is 14.9 Å². The Hall–Kier alpha value is -2.28. The number of hydrogen-bond acceptors (Lipinski definition) is 4. The van der Waals surface area contributed by atoms with Crippen LogP contribution in [0, 0.1) is 11.8 Å². The molecule has 1 saturated carbocycles. The third-order valence-electron chi connectivity index (χ3n) is 5.56. The van der Waals surface area contributed by atoms with Gasteiger partial charge in [0.05, 0.1) is 5.75 Å². The van der Waals surface area contributed by atoms with Crippen LogP contribution in [0.3, 0.4) is 0 Å². The Morgan fingerprint density at radius 2 is 1.96 bits per heavy atom. The molecule has 1 aromatic carbocycles. The summed E-state index contributed by atoms with van der Waals surface area (Å²) >= 11 is 1.38. The zero-order valence-corrected chi connectivity index (χ0v) is 17.5. The van der Waals surface area contributed by atoms with Gasteiger partial charge in [0, 0.05) is 36.7 Å². The van der Waals surface area contributed by atoms with Gasteiger partial charge in [0.15, 0.2) is 5.16 Å². The van der Waals surface area contributed by atoms with Crippen molar-refractivity contribution in [2.75, 3.05) is 11.1 Å². The van der Waals surface area contributed by atoms with Crippen molar-refractivity contribution in [2.45, 2.75) is 44.3 Å². The quantitative estimate of drug-likeness (QED) is 0.725. The van der Waals surface area contributed by atoms with Crippen molar-refractivity contribution in [1.29, 1.82) is 0 Å². The van der Waals surface area contributed by atoms with E-state index in [1.165, 1.54) is 18.2 Å². The Bertz CT molecular complexity index is 818. The van der Waals surface area contributed by atoms with Crippen molar-refractivity contribution in [3.05, 3.63) is 42.2 Å². The number of nitrogens with zero attached hydrogens (tertiary/aromatic N) is 2. The van der Waals surface area contributed by atoms with Gasteiger partial charge in [-0.3, -0.25) is 9.59 Å². The smallest absolute Gasteiger partial charge is 0.251 e. The molecule has 1 aliphatic rings. The van der Waals surface area contributed by atoms with Crippen LogP contribution in [0.5, 0.6) is 0 Å². The largest absolute Gasteiger partial charge is 0.349 e. The molecule has 1 aliphatic carbocycles. The van der Waals surface area contributed by atoms with Gasteiger partial charge in [-0.1, -0.05) is 38.5 Å². The molecule has 150 valence electrons. The number of nitrogens with one attached hydrogen (secondary N) is 2. The summed E-state index contributed by atoms with van der Waals surface area (Å²) in [6.45, 7) is 4.48. The third kappa shape index (κ3) is 5.16. The zero-order chi connectivity index (χ0) is 20.1. The van der Waals surface area contributed by atoms with Crippen LogP contribution in [0.2, 0.25) is 0 Å². The highest BCUT2D eigenvalue weighted by Gasteiger charge is 2.28. The fraction of sp³-hybridized carbons (Fsp3) is 0.476. The summed E-state index contributed by atoms with van der Waals surface area (Å²) in [6, 6.07) is 7.29. The second-order valence-electron chi connectivity index (χ2n) is 7.58. The molecule has 1 fully saturated rings. The van der Waals surface area contributed by atoms with Crippen LogP contribution in [0.1, 0.15) is 43.5 Å².